The van der Waals surface area contributed by atoms with Gasteiger partial charge in [0, 0.05) is 17.1 Å². The van der Waals surface area contributed by atoms with E-state index in [0.29, 0.717) is 10.9 Å². The molecule has 2 aromatic rings. The van der Waals surface area contributed by atoms with Gasteiger partial charge < -0.3 is 10.1 Å². The van der Waals surface area contributed by atoms with E-state index in [0.717, 1.165) is 0 Å². The molecule has 0 unspecified atom stereocenters. The van der Waals surface area contributed by atoms with Gasteiger partial charge in [-0.3, -0.25) is 4.79 Å². The Hall–Kier alpha value is -1.62. The predicted octanol–water partition coefficient (Wildman–Crippen LogP) is 1.80. The van der Waals surface area contributed by atoms with Crippen LogP contribution >= 0.6 is 17.0 Å². The summed E-state index contributed by atoms with van der Waals surface area (Å²) in [5.74, 6) is -1.21. The van der Waals surface area contributed by atoms with E-state index in [1.807, 2.05) is 0 Å². The van der Waals surface area contributed by atoms with Crippen LogP contribution in [0.4, 0.5) is 0 Å². The summed E-state index contributed by atoms with van der Waals surface area (Å²) in [4.78, 5) is 25.0. The van der Waals surface area contributed by atoms with Gasteiger partial charge in [-0.2, -0.15) is 0 Å². The van der Waals surface area contributed by atoms with Crippen molar-refractivity contribution in [3.05, 3.63) is 46.2 Å². The van der Waals surface area contributed by atoms with Crippen LogP contribution in [0, 0.1) is 0 Å². The molecule has 1 aromatic carbocycles. The van der Waals surface area contributed by atoms with Gasteiger partial charge in [-0.05, 0) is 12.1 Å². The molecule has 1 aromatic heterocycles. The second-order valence-electron chi connectivity index (χ2n) is 2.88. The summed E-state index contributed by atoms with van der Waals surface area (Å²) in [6.45, 7) is 0. The topological polar surface area (TPSA) is 70.2 Å². The van der Waals surface area contributed by atoms with Crippen LogP contribution in [0.2, 0.25) is 0 Å². The first-order valence-corrected chi connectivity index (χ1v) is 4.04. The molecule has 0 aliphatic heterocycles. The van der Waals surface area contributed by atoms with Crippen molar-refractivity contribution in [3.8, 4) is 0 Å². The van der Waals surface area contributed by atoms with E-state index in [1.165, 1.54) is 6.20 Å². The summed E-state index contributed by atoms with van der Waals surface area (Å²) in [6.07, 6.45) is 1.22. The molecule has 1 heterocycles. The quantitative estimate of drug-likeness (QED) is 0.830. The maximum atomic E-state index is 11.6. The number of fused-ring (bicyclic) bond motifs is 1. The number of aromatic carboxylic acids is 1. The van der Waals surface area contributed by atoms with Crippen molar-refractivity contribution in [3.63, 3.8) is 0 Å². The number of aromatic nitrogens is 1. The zero-order valence-corrected chi connectivity index (χ0v) is 9.27. The largest absolute Gasteiger partial charge is 0.477 e. The molecule has 0 fully saturated rings. The highest BCUT2D eigenvalue weighted by Crippen LogP contribution is 2.06. The maximum absolute atomic E-state index is 11.6. The summed E-state index contributed by atoms with van der Waals surface area (Å²) < 4.78 is 0. The van der Waals surface area contributed by atoms with Crippen LogP contribution in [0.3, 0.4) is 0 Å². The molecule has 2 rings (SSSR count). The number of aromatic amines is 1. The molecular formula is C10H8BrNO3. The van der Waals surface area contributed by atoms with Gasteiger partial charge in [-0.1, -0.05) is 12.1 Å². The third kappa shape index (κ3) is 1.92. The smallest absolute Gasteiger partial charge is 0.341 e. The molecule has 0 saturated heterocycles. The standard InChI is InChI=1S/C10H7NO3.BrH/c12-9-6-3-1-2-4-8(6)11-5-7(9)10(13)14;/h1-5H,(H,11,12)(H,13,14);1H. The lowest BCUT2D eigenvalue weighted by Crippen LogP contribution is -2.14. The Balaban J connectivity index is 0.00000112. The van der Waals surface area contributed by atoms with Crippen LogP contribution in [0.15, 0.2) is 35.3 Å². The second-order valence-corrected chi connectivity index (χ2v) is 2.88. The Kier molecular flexibility index (Phi) is 3.26. The molecule has 78 valence electrons. The Morgan fingerprint density at radius 2 is 1.93 bits per heavy atom. The number of benzene rings is 1. The number of halogens is 1. The van der Waals surface area contributed by atoms with Crippen LogP contribution in [-0.2, 0) is 0 Å². The lowest BCUT2D eigenvalue weighted by molar-refractivity contribution is 0.0695. The zero-order chi connectivity index (χ0) is 10.1. The highest BCUT2D eigenvalue weighted by atomic mass is 79.9. The molecule has 2 N–H and O–H groups in total. The first kappa shape index (κ1) is 11.5. The molecular weight excluding hydrogens is 262 g/mol. The van der Waals surface area contributed by atoms with Crippen molar-refractivity contribution in [1.29, 1.82) is 0 Å². The fourth-order valence-corrected chi connectivity index (χ4v) is 1.33. The first-order valence-electron chi connectivity index (χ1n) is 4.04. The van der Waals surface area contributed by atoms with Gasteiger partial charge in [0.2, 0.25) is 5.43 Å². The van der Waals surface area contributed by atoms with Gasteiger partial charge >= 0.3 is 5.97 Å². The van der Waals surface area contributed by atoms with Gasteiger partial charge in [0.25, 0.3) is 0 Å². The summed E-state index contributed by atoms with van der Waals surface area (Å²) in [5.41, 5.74) is -0.0435. The third-order valence-corrected chi connectivity index (χ3v) is 2.02. The van der Waals surface area contributed by atoms with Crippen LogP contribution in [0.25, 0.3) is 10.9 Å². The molecule has 0 saturated carbocycles. The number of carbonyl (C=O) groups is 1. The lowest BCUT2D eigenvalue weighted by Gasteiger charge is -1.98. The number of nitrogens with one attached hydrogen (secondary N) is 1. The van der Waals surface area contributed by atoms with E-state index in [2.05, 4.69) is 4.98 Å². The molecule has 0 spiro atoms. The number of para-hydroxylation sites is 1. The van der Waals surface area contributed by atoms with Gasteiger partial charge in [-0.15, -0.1) is 17.0 Å². The van der Waals surface area contributed by atoms with Crippen molar-refractivity contribution < 1.29 is 9.90 Å². The van der Waals surface area contributed by atoms with Crippen LogP contribution < -0.4 is 5.43 Å². The number of H-pyrrole nitrogens is 1. The van der Waals surface area contributed by atoms with Crippen molar-refractivity contribution >= 4 is 33.9 Å². The monoisotopic (exact) mass is 269 g/mol. The SMILES string of the molecule is Br.O=C(O)c1c[nH]c2ccccc2c1=O. The Labute approximate surface area is 95.3 Å². The number of hydrogen-bond acceptors (Lipinski definition) is 2. The molecule has 0 aliphatic rings. The molecule has 0 aliphatic carbocycles. The van der Waals surface area contributed by atoms with Crippen molar-refractivity contribution in [1.82, 2.24) is 4.98 Å². The minimum Gasteiger partial charge on any atom is -0.477 e. The number of hydrogen-bond donors (Lipinski definition) is 2. The van der Waals surface area contributed by atoms with E-state index >= 15 is 0 Å². The minimum absolute atomic E-state index is 0. The van der Waals surface area contributed by atoms with Crippen LogP contribution in [-0.4, -0.2) is 16.1 Å². The predicted molar refractivity (Wildman–Crippen MR) is 61.9 cm³/mol. The van der Waals surface area contributed by atoms with Gasteiger partial charge in [0.1, 0.15) is 5.56 Å². The average Bonchev–Trinajstić information content (AvgIpc) is 2.18. The number of pyridine rings is 1. The van der Waals surface area contributed by atoms with Crippen LogP contribution in [0.5, 0.6) is 0 Å². The molecule has 0 amide bonds. The van der Waals surface area contributed by atoms with E-state index in [4.69, 9.17) is 5.11 Å². The van der Waals surface area contributed by atoms with E-state index in [1.54, 1.807) is 24.3 Å². The second kappa shape index (κ2) is 4.27. The highest BCUT2D eigenvalue weighted by Gasteiger charge is 2.10. The van der Waals surface area contributed by atoms with Gasteiger partial charge in [0.05, 0.1) is 0 Å². The average molecular weight is 270 g/mol. The zero-order valence-electron chi connectivity index (χ0n) is 7.56. The van der Waals surface area contributed by atoms with Crippen molar-refractivity contribution in [2.24, 2.45) is 0 Å². The van der Waals surface area contributed by atoms with Crippen molar-refractivity contribution in [2.75, 3.05) is 0 Å². The fourth-order valence-electron chi connectivity index (χ4n) is 1.33. The van der Waals surface area contributed by atoms with Crippen LogP contribution in [0.1, 0.15) is 10.4 Å². The molecule has 5 heteroatoms. The summed E-state index contributed by atoms with van der Waals surface area (Å²) in [6, 6.07) is 6.80. The van der Waals surface area contributed by atoms with Gasteiger partial charge in [0.15, 0.2) is 0 Å². The van der Waals surface area contributed by atoms with E-state index in [-0.39, 0.29) is 22.5 Å². The molecule has 0 bridgehead atoms. The normalized spacial score (nSPS) is 9.60. The van der Waals surface area contributed by atoms with E-state index < -0.39 is 11.4 Å². The summed E-state index contributed by atoms with van der Waals surface area (Å²) in [5, 5.41) is 9.10. The molecule has 0 atom stereocenters. The van der Waals surface area contributed by atoms with Crippen molar-refractivity contribution in [2.45, 2.75) is 0 Å². The molecule has 15 heavy (non-hydrogen) atoms. The number of carboxylic acid groups (broad SMARTS) is 1. The fraction of sp³-hybridized carbons (Fsp3) is 0. The summed E-state index contributed by atoms with van der Waals surface area (Å²) >= 11 is 0. The summed E-state index contributed by atoms with van der Waals surface area (Å²) in [7, 11) is 0. The van der Waals surface area contributed by atoms with Gasteiger partial charge in [-0.25, -0.2) is 4.79 Å². The number of rotatable bonds is 1. The Morgan fingerprint density at radius 1 is 1.27 bits per heavy atom. The van der Waals surface area contributed by atoms with E-state index in [9.17, 15) is 9.59 Å². The minimum atomic E-state index is -1.21. The number of carboxylic acids is 1. The third-order valence-electron chi connectivity index (χ3n) is 2.02. The molecule has 4 nitrogen and oxygen atoms in total. The Bertz CT molecular complexity index is 562. The lowest BCUT2D eigenvalue weighted by atomic mass is 10.1. The highest BCUT2D eigenvalue weighted by molar-refractivity contribution is 8.93. The Morgan fingerprint density at radius 3 is 2.60 bits per heavy atom. The first-order chi connectivity index (χ1) is 6.70. The molecule has 0 radical (unpaired) electrons. The maximum Gasteiger partial charge on any atom is 0.341 e.